The number of nitrogens with zero attached hydrogens (tertiary/aromatic N) is 1. The maximum absolute atomic E-state index is 12.7. The van der Waals surface area contributed by atoms with Crippen LogP contribution in [0.5, 0.6) is 5.75 Å². The smallest absolute Gasteiger partial charge is 0.258 e. The van der Waals surface area contributed by atoms with E-state index in [4.69, 9.17) is 32.4 Å². The summed E-state index contributed by atoms with van der Waals surface area (Å²) in [6, 6.07) is 15.8. The van der Waals surface area contributed by atoms with Crippen LogP contribution in [0.2, 0.25) is 10.0 Å². The van der Waals surface area contributed by atoms with E-state index in [1.54, 1.807) is 48.9 Å². The average molecular weight is 413 g/mol. The van der Waals surface area contributed by atoms with Gasteiger partial charge in [-0.3, -0.25) is 9.78 Å². The van der Waals surface area contributed by atoms with Gasteiger partial charge in [0.2, 0.25) is 0 Å². The fourth-order valence-corrected chi connectivity index (χ4v) is 3.39. The summed E-state index contributed by atoms with van der Waals surface area (Å²) in [5.41, 5.74) is 1.34. The molecule has 0 aliphatic heterocycles. The Bertz CT molecular complexity index is 1120. The van der Waals surface area contributed by atoms with Gasteiger partial charge in [0.1, 0.15) is 18.1 Å². The Morgan fingerprint density at radius 1 is 1.04 bits per heavy atom. The molecule has 4 aromatic rings. The molecule has 0 aliphatic rings. The molecule has 0 bridgehead atoms. The number of hydrogen-bond acceptors (Lipinski definition) is 4. The van der Waals surface area contributed by atoms with Crippen LogP contribution in [-0.4, -0.2) is 10.9 Å². The van der Waals surface area contributed by atoms with Gasteiger partial charge in [-0.05, 0) is 42.5 Å². The third-order valence-electron chi connectivity index (χ3n) is 4.12. The zero-order valence-corrected chi connectivity index (χ0v) is 16.0. The van der Waals surface area contributed by atoms with E-state index in [0.29, 0.717) is 22.7 Å². The molecule has 7 heteroatoms. The normalized spacial score (nSPS) is 10.8. The Kier molecular flexibility index (Phi) is 5.19. The maximum atomic E-state index is 12.7. The minimum atomic E-state index is -0.410. The molecule has 1 amide bonds. The summed E-state index contributed by atoms with van der Waals surface area (Å²) in [5.74, 6) is 0.933. The van der Waals surface area contributed by atoms with E-state index in [9.17, 15) is 4.79 Å². The van der Waals surface area contributed by atoms with Gasteiger partial charge in [0.15, 0.2) is 0 Å². The van der Waals surface area contributed by atoms with Gasteiger partial charge in [-0.25, -0.2) is 0 Å². The van der Waals surface area contributed by atoms with Crippen molar-refractivity contribution in [1.82, 2.24) is 4.98 Å². The van der Waals surface area contributed by atoms with E-state index in [1.807, 2.05) is 18.2 Å². The number of carbonyl (C=O) groups is 1. The first-order valence-corrected chi connectivity index (χ1v) is 9.17. The van der Waals surface area contributed by atoms with Gasteiger partial charge in [0.25, 0.3) is 5.91 Å². The topological polar surface area (TPSA) is 64.4 Å². The fourth-order valence-electron chi connectivity index (χ4n) is 2.82. The molecule has 28 heavy (non-hydrogen) atoms. The standard InChI is InChI=1S/C21H14Cl2N2O3/c22-15-6-2-7-16(23)19(15)21(26)25-17-8-1-5-14-18(9-10-24-20(14)17)28-12-13-4-3-11-27-13/h1-11H,12H2,(H,25,26). The van der Waals surface area contributed by atoms with Crippen molar-refractivity contribution in [1.29, 1.82) is 0 Å². The van der Waals surface area contributed by atoms with Crippen LogP contribution < -0.4 is 10.1 Å². The first-order valence-electron chi connectivity index (χ1n) is 8.42. The van der Waals surface area contributed by atoms with E-state index in [-0.39, 0.29) is 22.2 Å². The lowest BCUT2D eigenvalue weighted by Crippen LogP contribution is -2.13. The van der Waals surface area contributed by atoms with Gasteiger partial charge in [0, 0.05) is 11.6 Å². The lowest BCUT2D eigenvalue weighted by atomic mass is 10.1. The van der Waals surface area contributed by atoms with Gasteiger partial charge < -0.3 is 14.5 Å². The van der Waals surface area contributed by atoms with Gasteiger partial charge in [-0.15, -0.1) is 0 Å². The second kappa shape index (κ2) is 7.92. The van der Waals surface area contributed by atoms with E-state index in [0.717, 1.165) is 5.39 Å². The van der Waals surface area contributed by atoms with Crippen LogP contribution in [0.4, 0.5) is 5.69 Å². The molecule has 0 saturated heterocycles. The number of aromatic nitrogens is 1. The number of fused-ring (bicyclic) bond motifs is 1. The van der Waals surface area contributed by atoms with Gasteiger partial charge in [-0.2, -0.15) is 0 Å². The van der Waals surface area contributed by atoms with Crippen LogP contribution in [-0.2, 0) is 6.61 Å². The van der Waals surface area contributed by atoms with E-state index in [1.165, 1.54) is 0 Å². The lowest BCUT2D eigenvalue weighted by molar-refractivity contribution is 0.102. The molecule has 2 aromatic heterocycles. The molecule has 2 aromatic carbocycles. The number of benzene rings is 2. The number of amides is 1. The molecule has 1 N–H and O–H groups in total. The van der Waals surface area contributed by atoms with Crippen molar-refractivity contribution in [3.05, 3.63) is 88.4 Å². The fraction of sp³-hybridized carbons (Fsp3) is 0.0476. The van der Waals surface area contributed by atoms with Crippen molar-refractivity contribution in [2.75, 3.05) is 5.32 Å². The SMILES string of the molecule is O=C(Nc1cccc2c(OCc3ccco3)ccnc12)c1c(Cl)cccc1Cl. The van der Waals surface area contributed by atoms with Crippen molar-refractivity contribution >= 4 is 45.7 Å². The predicted molar refractivity (Wildman–Crippen MR) is 109 cm³/mol. The van der Waals surface area contributed by atoms with Crippen LogP contribution >= 0.6 is 23.2 Å². The molecule has 2 heterocycles. The first kappa shape index (κ1) is 18.3. The van der Waals surface area contributed by atoms with Gasteiger partial charge in [-0.1, -0.05) is 35.3 Å². The van der Waals surface area contributed by atoms with E-state index in [2.05, 4.69) is 10.3 Å². The number of rotatable bonds is 5. The zero-order chi connectivity index (χ0) is 19.5. The molecule has 4 rings (SSSR count). The Balaban J connectivity index is 1.65. The predicted octanol–water partition coefficient (Wildman–Crippen LogP) is 5.97. The number of carbonyl (C=O) groups excluding carboxylic acids is 1. The molecule has 0 radical (unpaired) electrons. The van der Waals surface area contributed by atoms with E-state index >= 15 is 0 Å². The van der Waals surface area contributed by atoms with Crippen LogP contribution in [0, 0.1) is 0 Å². The van der Waals surface area contributed by atoms with Crippen molar-refractivity contribution < 1.29 is 13.9 Å². The monoisotopic (exact) mass is 412 g/mol. The quantitative estimate of drug-likeness (QED) is 0.438. The summed E-state index contributed by atoms with van der Waals surface area (Å²) in [4.78, 5) is 17.1. The first-order chi connectivity index (χ1) is 13.6. The molecule has 0 spiro atoms. The Morgan fingerprint density at radius 2 is 1.82 bits per heavy atom. The number of nitrogens with one attached hydrogen (secondary N) is 1. The minimum absolute atomic E-state index is 0.216. The lowest BCUT2D eigenvalue weighted by Gasteiger charge is -2.12. The van der Waals surface area contributed by atoms with Crippen LogP contribution in [0.15, 0.2) is 71.5 Å². The van der Waals surface area contributed by atoms with Crippen LogP contribution in [0.1, 0.15) is 16.1 Å². The Hall–Kier alpha value is -3.02. The van der Waals surface area contributed by atoms with Crippen LogP contribution in [0.25, 0.3) is 10.9 Å². The molecule has 0 aliphatic carbocycles. The summed E-state index contributed by atoms with van der Waals surface area (Å²) in [6.45, 7) is 0.290. The number of hydrogen-bond donors (Lipinski definition) is 1. The number of ether oxygens (including phenoxy) is 1. The van der Waals surface area contributed by atoms with E-state index < -0.39 is 5.91 Å². The van der Waals surface area contributed by atoms with Crippen molar-refractivity contribution in [3.8, 4) is 5.75 Å². The summed E-state index contributed by atoms with van der Waals surface area (Å²) in [5, 5.41) is 4.15. The highest BCUT2D eigenvalue weighted by Crippen LogP contribution is 2.31. The molecule has 140 valence electrons. The Morgan fingerprint density at radius 3 is 2.57 bits per heavy atom. The van der Waals surface area contributed by atoms with Crippen molar-refractivity contribution in [2.45, 2.75) is 6.61 Å². The highest BCUT2D eigenvalue weighted by atomic mass is 35.5. The molecule has 5 nitrogen and oxygen atoms in total. The second-order valence-electron chi connectivity index (χ2n) is 5.93. The zero-order valence-electron chi connectivity index (χ0n) is 14.5. The summed E-state index contributed by atoms with van der Waals surface area (Å²) in [6.07, 6.45) is 3.22. The van der Waals surface area contributed by atoms with Crippen LogP contribution in [0.3, 0.4) is 0 Å². The van der Waals surface area contributed by atoms with Gasteiger partial charge in [0.05, 0.1) is 33.1 Å². The van der Waals surface area contributed by atoms with Gasteiger partial charge >= 0.3 is 0 Å². The summed E-state index contributed by atoms with van der Waals surface area (Å²) < 4.78 is 11.2. The number of furan rings is 1. The number of pyridine rings is 1. The average Bonchev–Trinajstić information content (AvgIpc) is 3.20. The molecule has 0 fully saturated rings. The second-order valence-corrected chi connectivity index (χ2v) is 6.74. The number of para-hydroxylation sites is 1. The largest absolute Gasteiger partial charge is 0.485 e. The summed E-state index contributed by atoms with van der Waals surface area (Å²) in [7, 11) is 0. The molecular formula is C21H14Cl2N2O3. The molecule has 0 saturated carbocycles. The number of anilines is 1. The highest BCUT2D eigenvalue weighted by molar-refractivity contribution is 6.40. The highest BCUT2D eigenvalue weighted by Gasteiger charge is 2.16. The van der Waals surface area contributed by atoms with Crippen molar-refractivity contribution in [2.24, 2.45) is 0 Å². The molecule has 0 unspecified atom stereocenters. The van der Waals surface area contributed by atoms with Crippen molar-refractivity contribution in [3.63, 3.8) is 0 Å². The minimum Gasteiger partial charge on any atom is -0.485 e. The maximum Gasteiger partial charge on any atom is 0.258 e. The number of halogens is 2. The third kappa shape index (κ3) is 3.67. The summed E-state index contributed by atoms with van der Waals surface area (Å²) >= 11 is 12.3. The third-order valence-corrected chi connectivity index (χ3v) is 4.75. The molecular weight excluding hydrogens is 399 g/mol. The Labute approximate surface area is 170 Å². The molecule has 0 atom stereocenters.